The van der Waals surface area contributed by atoms with Crippen molar-refractivity contribution in [3.05, 3.63) is 77.9 Å². The summed E-state index contributed by atoms with van der Waals surface area (Å²) in [7, 11) is 0.680. The van der Waals surface area contributed by atoms with Crippen LogP contribution < -0.4 is 5.30 Å². The molecule has 2 aliphatic carbocycles. The van der Waals surface area contributed by atoms with Gasteiger partial charge in [0.05, 0.1) is 10.8 Å². The smallest absolute Gasteiger partial charge is 0.100 e. The summed E-state index contributed by atoms with van der Waals surface area (Å²) in [4.78, 5) is 0. The van der Waals surface area contributed by atoms with Crippen LogP contribution in [0.5, 0.6) is 0 Å². The lowest BCUT2D eigenvalue weighted by Gasteiger charge is -2.41. The molecule has 0 aromatic heterocycles. The third-order valence-corrected chi connectivity index (χ3v) is 14.0. The fourth-order valence-corrected chi connectivity index (χ4v) is 12.1. The van der Waals surface area contributed by atoms with Gasteiger partial charge in [-0.1, -0.05) is 107 Å². The number of fused-ring (bicyclic) bond motifs is 1. The summed E-state index contributed by atoms with van der Waals surface area (Å²) in [6, 6.07) is 24.8. The molecule has 2 atom stereocenters. The standard InChI is InChI=1S/C34H46NOPS/c1-34(2,3)38(36)35(4)33(28-24-23-26-15-11-12-16-27(26)25-28)31-21-13-14-22-32(31)37(29-17-7-5-8-18-29)30-19-9-6-10-20-30/h11-16,21-25,29-30,33H,5-10,17-20H2,1-4H3/t33-,38-/m0/s1. The zero-order chi connectivity index (χ0) is 26.7. The monoisotopic (exact) mass is 547 g/mol. The molecule has 0 aliphatic heterocycles. The first-order valence-electron chi connectivity index (χ1n) is 14.9. The summed E-state index contributed by atoms with van der Waals surface area (Å²) in [5.41, 5.74) is 4.31. The van der Waals surface area contributed by atoms with E-state index in [1.165, 1.54) is 86.1 Å². The molecule has 38 heavy (non-hydrogen) atoms. The van der Waals surface area contributed by atoms with Crippen LogP contribution in [0.1, 0.15) is 102 Å². The minimum absolute atomic E-state index is 0.0342. The molecule has 2 nitrogen and oxygen atoms in total. The molecular weight excluding hydrogens is 501 g/mol. The molecule has 0 amide bonds. The molecule has 0 unspecified atom stereocenters. The third-order valence-electron chi connectivity index (χ3n) is 8.68. The van der Waals surface area contributed by atoms with Gasteiger partial charge in [0.1, 0.15) is 11.0 Å². The number of hydrogen-bond acceptors (Lipinski definition) is 1. The lowest BCUT2D eigenvalue weighted by molar-refractivity contribution is 0.441. The molecule has 2 aliphatic rings. The van der Waals surface area contributed by atoms with Crippen LogP contribution in [0, 0.1) is 0 Å². The first-order valence-corrected chi connectivity index (χ1v) is 17.4. The second-order valence-electron chi connectivity index (χ2n) is 12.5. The van der Waals surface area contributed by atoms with Gasteiger partial charge in [0.2, 0.25) is 0 Å². The zero-order valence-corrected chi connectivity index (χ0v) is 25.6. The van der Waals surface area contributed by atoms with Gasteiger partial charge in [0.15, 0.2) is 0 Å². The number of hydrogen-bond donors (Lipinski definition) is 0. The minimum atomic E-state index is -1.14. The van der Waals surface area contributed by atoms with Crippen molar-refractivity contribution in [2.75, 3.05) is 7.05 Å². The zero-order valence-electron chi connectivity index (χ0n) is 23.9. The number of rotatable bonds is 7. The van der Waals surface area contributed by atoms with E-state index in [1.807, 2.05) is 0 Å². The molecule has 0 N–H and O–H groups in total. The predicted octanol–water partition coefficient (Wildman–Crippen LogP) is 9.10. The predicted molar refractivity (Wildman–Crippen MR) is 168 cm³/mol. The van der Waals surface area contributed by atoms with Crippen molar-refractivity contribution >= 4 is 35.0 Å². The summed E-state index contributed by atoms with van der Waals surface area (Å²) in [6.45, 7) is 6.29. The normalized spacial score (nSPS) is 19.7. The minimum Gasteiger partial charge on any atom is -0.242 e. The number of benzene rings is 3. The van der Waals surface area contributed by atoms with Crippen molar-refractivity contribution in [3.8, 4) is 0 Å². The largest absolute Gasteiger partial charge is 0.242 e. The summed E-state index contributed by atoms with van der Waals surface area (Å²) in [6.07, 6.45) is 13.9. The van der Waals surface area contributed by atoms with Gasteiger partial charge in [-0.3, -0.25) is 0 Å². The van der Waals surface area contributed by atoms with Crippen molar-refractivity contribution in [2.45, 2.75) is 107 Å². The Kier molecular flexibility index (Phi) is 9.08. The molecule has 0 radical (unpaired) electrons. The SMILES string of the molecule is CN([C@@H](c1ccc2ccccc2c1)c1ccccc1P(C1CCCCC1)C1CCCCC1)[S@@](=O)C(C)(C)C. The Morgan fingerprint density at radius 2 is 1.32 bits per heavy atom. The summed E-state index contributed by atoms with van der Waals surface area (Å²) < 4.78 is 15.8. The van der Waals surface area contributed by atoms with E-state index in [-0.39, 0.29) is 18.7 Å². The lowest BCUT2D eigenvalue weighted by atomic mass is 9.96. The van der Waals surface area contributed by atoms with Crippen LogP contribution in [-0.2, 0) is 11.0 Å². The van der Waals surface area contributed by atoms with E-state index in [9.17, 15) is 4.21 Å². The lowest BCUT2D eigenvalue weighted by Crippen LogP contribution is -2.39. The highest BCUT2D eigenvalue weighted by Crippen LogP contribution is 2.56. The Morgan fingerprint density at radius 3 is 1.92 bits per heavy atom. The Balaban J connectivity index is 1.66. The van der Waals surface area contributed by atoms with E-state index >= 15 is 0 Å². The van der Waals surface area contributed by atoms with Crippen molar-refractivity contribution in [1.29, 1.82) is 0 Å². The second kappa shape index (κ2) is 12.3. The van der Waals surface area contributed by atoms with Crippen LogP contribution in [0.4, 0.5) is 0 Å². The molecule has 2 saturated carbocycles. The van der Waals surface area contributed by atoms with E-state index in [0.717, 1.165) is 11.3 Å². The Morgan fingerprint density at radius 1 is 0.763 bits per heavy atom. The molecular formula is C34H46NOPS. The summed E-state index contributed by atoms with van der Waals surface area (Å²) >= 11 is 0. The maximum atomic E-state index is 13.9. The maximum absolute atomic E-state index is 13.9. The molecule has 3 aromatic rings. The molecule has 4 heteroatoms. The van der Waals surface area contributed by atoms with E-state index in [2.05, 4.69) is 98.9 Å². The van der Waals surface area contributed by atoms with Crippen LogP contribution in [0.3, 0.4) is 0 Å². The van der Waals surface area contributed by atoms with Crippen molar-refractivity contribution < 1.29 is 4.21 Å². The third kappa shape index (κ3) is 6.11. The fraction of sp³-hybridized carbons (Fsp3) is 0.529. The van der Waals surface area contributed by atoms with Crippen molar-refractivity contribution in [1.82, 2.24) is 4.31 Å². The summed E-state index contributed by atoms with van der Waals surface area (Å²) in [5, 5.41) is 4.11. The van der Waals surface area contributed by atoms with Gasteiger partial charge in [-0.2, -0.15) is 0 Å². The Bertz CT molecular complexity index is 1220. The quantitative estimate of drug-likeness (QED) is 0.270. The molecule has 0 heterocycles. The van der Waals surface area contributed by atoms with Crippen LogP contribution in [0.2, 0.25) is 0 Å². The van der Waals surface area contributed by atoms with Crippen LogP contribution >= 0.6 is 7.92 Å². The van der Waals surface area contributed by atoms with E-state index < -0.39 is 11.0 Å². The van der Waals surface area contributed by atoms with Gasteiger partial charge in [-0.05, 0) is 91.0 Å². The summed E-state index contributed by atoms with van der Waals surface area (Å²) in [5.74, 6) is 0. The highest BCUT2D eigenvalue weighted by atomic mass is 32.2. The van der Waals surface area contributed by atoms with E-state index in [4.69, 9.17) is 0 Å². The molecule has 5 rings (SSSR count). The van der Waals surface area contributed by atoms with E-state index in [1.54, 1.807) is 5.30 Å². The fourth-order valence-electron chi connectivity index (χ4n) is 6.85. The topological polar surface area (TPSA) is 20.3 Å². The van der Waals surface area contributed by atoms with E-state index in [0.29, 0.717) is 0 Å². The first kappa shape index (κ1) is 28.0. The highest BCUT2D eigenvalue weighted by Gasteiger charge is 2.37. The Hall–Kier alpha value is -1.54. The number of nitrogens with zero attached hydrogens (tertiary/aromatic N) is 1. The van der Waals surface area contributed by atoms with Gasteiger partial charge in [0.25, 0.3) is 0 Å². The average molecular weight is 548 g/mol. The molecule has 204 valence electrons. The van der Waals surface area contributed by atoms with Gasteiger partial charge >= 0.3 is 0 Å². The van der Waals surface area contributed by atoms with Crippen molar-refractivity contribution in [2.24, 2.45) is 0 Å². The molecule has 3 aromatic carbocycles. The van der Waals surface area contributed by atoms with Crippen LogP contribution in [0.25, 0.3) is 10.8 Å². The average Bonchev–Trinajstić information content (AvgIpc) is 2.94. The van der Waals surface area contributed by atoms with Gasteiger partial charge in [-0.25, -0.2) is 8.51 Å². The van der Waals surface area contributed by atoms with Gasteiger partial charge in [-0.15, -0.1) is 0 Å². The van der Waals surface area contributed by atoms with Gasteiger partial charge in [0, 0.05) is 7.05 Å². The van der Waals surface area contributed by atoms with Gasteiger partial charge < -0.3 is 0 Å². The molecule has 2 fully saturated rings. The second-order valence-corrected chi connectivity index (χ2v) is 17.5. The van der Waals surface area contributed by atoms with Crippen LogP contribution in [-0.4, -0.2) is 31.6 Å². The Labute approximate surface area is 234 Å². The molecule has 0 saturated heterocycles. The van der Waals surface area contributed by atoms with Crippen LogP contribution in [0.15, 0.2) is 66.7 Å². The molecule has 0 bridgehead atoms. The first-order chi connectivity index (χ1) is 18.3. The highest BCUT2D eigenvalue weighted by molar-refractivity contribution is 7.84. The maximum Gasteiger partial charge on any atom is 0.100 e. The molecule has 0 spiro atoms. The van der Waals surface area contributed by atoms with Crippen molar-refractivity contribution in [3.63, 3.8) is 0 Å².